The molecular weight excluding hydrogens is 270 g/mol. The first kappa shape index (κ1) is 17.4. The first-order valence-electron chi connectivity index (χ1n) is 7.40. The van der Waals surface area contributed by atoms with Crippen LogP contribution in [0.5, 0.6) is 5.75 Å². The molecular formula is C15H29N3OS. The first-order chi connectivity index (χ1) is 9.42. The maximum absolute atomic E-state index is 5.50. The van der Waals surface area contributed by atoms with E-state index in [-0.39, 0.29) is 10.8 Å². The number of ether oxygens (including phenoxy) is 1. The molecule has 0 radical (unpaired) electrons. The molecule has 0 spiro atoms. The third kappa shape index (κ3) is 5.02. The predicted octanol–water partition coefficient (Wildman–Crippen LogP) is 3.48. The molecule has 1 heterocycles. The van der Waals surface area contributed by atoms with Gasteiger partial charge in [0.05, 0.1) is 25.0 Å². The molecule has 1 aromatic heterocycles. The summed E-state index contributed by atoms with van der Waals surface area (Å²) in [5.41, 5.74) is 1.17. The molecule has 116 valence electrons. The summed E-state index contributed by atoms with van der Waals surface area (Å²) >= 11 is 1.97. The summed E-state index contributed by atoms with van der Waals surface area (Å²) in [6, 6.07) is 0.272. The zero-order valence-electron chi connectivity index (χ0n) is 13.7. The summed E-state index contributed by atoms with van der Waals surface area (Å²) in [5, 5.41) is 8.04. The molecule has 5 heteroatoms. The van der Waals surface area contributed by atoms with Crippen LogP contribution in [0, 0.1) is 0 Å². The van der Waals surface area contributed by atoms with Crippen molar-refractivity contribution in [2.75, 3.05) is 19.4 Å². The highest BCUT2D eigenvalue weighted by Crippen LogP contribution is 2.32. The predicted molar refractivity (Wildman–Crippen MR) is 87.7 cm³/mol. The van der Waals surface area contributed by atoms with E-state index in [4.69, 9.17) is 4.74 Å². The van der Waals surface area contributed by atoms with Crippen molar-refractivity contribution in [3.8, 4) is 5.75 Å². The Bertz CT molecular complexity index is 398. The van der Waals surface area contributed by atoms with Gasteiger partial charge >= 0.3 is 0 Å². The molecule has 0 amide bonds. The quantitative estimate of drug-likeness (QED) is 0.797. The van der Waals surface area contributed by atoms with Crippen molar-refractivity contribution in [2.45, 2.75) is 58.4 Å². The maximum Gasteiger partial charge on any atom is 0.161 e. The molecule has 0 aliphatic rings. The molecule has 0 saturated carbocycles. The molecule has 1 atom stereocenters. The van der Waals surface area contributed by atoms with Crippen LogP contribution in [-0.4, -0.2) is 33.9 Å². The lowest BCUT2D eigenvalue weighted by Gasteiger charge is -2.24. The third-order valence-corrected chi connectivity index (χ3v) is 4.33. The summed E-state index contributed by atoms with van der Waals surface area (Å²) in [4.78, 5) is 0. The lowest BCUT2D eigenvalue weighted by molar-refractivity contribution is 0.396. The van der Waals surface area contributed by atoms with Crippen molar-refractivity contribution in [3.63, 3.8) is 0 Å². The van der Waals surface area contributed by atoms with Gasteiger partial charge in [-0.15, -0.1) is 0 Å². The lowest BCUT2D eigenvalue weighted by Crippen LogP contribution is -2.28. The Labute approximate surface area is 127 Å². The van der Waals surface area contributed by atoms with E-state index in [0.717, 1.165) is 31.0 Å². The van der Waals surface area contributed by atoms with Crippen LogP contribution >= 0.6 is 11.8 Å². The van der Waals surface area contributed by atoms with Crippen LogP contribution in [-0.2, 0) is 6.54 Å². The Morgan fingerprint density at radius 2 is 2.10 bits per heavy atom. The van der Waals surface area contributed by atoms with Gasteiger partial charge in [0, 0.05) is 17.0 Å². The molecule has 0 aliphatic carbocycles. The summed E-state index contributed by atoms with van der Waals surface area (Å²) in [6.07, 6.45) is 2.90. The number of thioether (sulfide) groups is 1. The second-order valence-electron chi connectivity index (χ2n) is 5.85. The van der Waals surface area contributed by atoms with E-state index >= 15 is 0 Å². The molecule has 0 bridgehead atoms. The summed E-state index contributed by atoms with van der Waals surface area (Å²) in [6.45, 7) is 12.9. The van der Waals surface area contributed by atoms with Crippen LogP contribution < -0.4 is 10.1 Å². The highest BCUT2D eigenvalue weighted by molar-refractivity contribution is 8.00. The number of aryl methyl sites for hydroxylation is 1. The van der Waals surface area contributed by atoms with E-state index in [0.29, 0.717) is 0 Å². The SMILES string of the molecule is CCCn1ncc(OC)c1C(CSC(C)(C)C)NCC. The molecule has 1 rings (SSSR count). The average molecular weight is 299 g/mol. The van der Waals surface area contributed by atoms with E-state index in [2.05, 4.69) is 49.7 Å². The van der Waals surface area contributed by atoms with Gasteiger partial charge in [-0.05, 0) is 13.0 Å². The standard InChI is InChI=1S/C15H29N3OS/c1-7-9-18-14(13(19-6)10-17-18)12(16-8-2)11-20-15(3,4)5/h10,12,16H,7-9,11H2,1-6H3. The van der Waals surface area contributed by atoms with Crippen molar-refractivity contribution in [1.29, 1.82) is 0 Å². The lowest BCUT2D eigenvalue weighted by atomic mass is 10.2. The van der Waals surface area contributed by atoms with E-state index in [1.807, 2.05) is 18.0 Å². The fraction of sp³-hybridized carbons (Fsp3) is 0.800. The minimum absolute atomic E-state index is 0.260. The molecule has 0 fully saturated rings. The number of hydrogen-bond donors (Lipinski definition) is 1. The zero-order chi connectivity index (χ0) is 15.2. The second-order valence-corrected chi connectivity index (χ2v) is 7.70. The van der Waals surface area contributed by atoms with Crippen LogP contribution in [0.4, 0.5) is 0 Å². The normalized spacial score (nSPS) is 13.5. The molecule has 0 saturated heterocycles. The number of methoxy groups -OCH3 is 1. The largest absolute Gasteiger partial charge is 0.493 e. The number of nitrogens with one attached hydrogen (secondary N) is 1. The zero-order valence-corrected chi connectivity index (χ0v) is 14.5. The topological polar surface area (TPSA) is 39.1 Å². The van der Waals surface area contributed by atoms with Gasteiger partial charge in [0.1, 0.15) is 0 Å². The number of hydrogen-bond acceptors (Lipinski definition) is 4. The second kappa shape index (κ2) is 7.93. The molecule has 0 aliphatic heterocycles. The van der Waals surface area contributed by atoms with Crippen molar-refractivity contribution < 1.29 is 4.74 Å². The summed E-state index contributed by atoms with van der Waals surface area (Å²) < 4.78 is 7.84. The summed E-state index contributed by atoms with van der Waals surface area (Å²) in [7, 11) is 1.72. The molecule has 1 aromatic rings. The molecule has 0 aromatic carbocycles. The Balaban J connectivity index is 2.96. The number of nitrogens with zero attached hydrogens (tertiary/aromatic N) is 2. The molecule has 1 N–H and O–H groups in total. The van der Waals surface area contributed by atoms with Gasteiger partial charge in [0.15, 0.2) is 5.75 Å². The van der Waals surface area contributed by atoms with Crippen LogP contribution in [0.15, 0.2) is 6.20 Å². The monoisotopic (exact) mass is 299 g/mol. The highest BCUT2D eigenvalue weighted by atomic mass is 32.2. The Hall–Kier alpha value is -0.680. The van der Waals surface area contributed by atoms with Gasteiger partial charge in [-0.3, -0.25) is 4.68 Å². The fourth-order valence-corrected chi connectivity index (χ4v) is 3.03. The highest BCUT2D eigenvalue weighted by Gasteiger charge is 2.23. The van der Waals surface area contributed by atoms with Crippen molar-refractivity contribution >= 4 is 11.8 Å². The van der Waals surface area contributed by atoms with Gasteiger partial charge < -0.3 is 10.1 Å². The van der Waals surface area contributed by atoms with E-state index in [1.54, 1.807) is 7.11 Å². The number of rotatable bonds is 8. The van der Waals surface area contributed by atoms with Crippen LogP contribution in [0.1, 0.15) is 52.8 Å². The van der Waals surface area contributed by atoms with Gasteiger partial charge in [-0.2, -0.15) is 16.9 Å². The van der Waals surface area contributed by atoms with Crippen LogP contribution in [0.3, 0.4) is 0 Å². The fourth-order valence-electron chi connectivity index (χ4n) is 2.09. The van der Waals surface area contributed by atoms with E-state index < -0.39 is 0 Å². The first-order valence-corrected chi connectivity index (χ1v) is 8.38. The van der Waals surface area contributed by atoms with Gasteiger partial charge in [-0.25, -0.2) is 0 Å². The van der Waals surface area contributed by atoms with Crippen molar-refractivity contribution in [2.24, 2.45) is 0 Å². The minimum Gasteiger partial charge on any atom is -0.493 e. The molecule has 1 unspecified atom stereocenters. The summed E-state index contributed by atoms with van der Waals surface area (Å²) in [5.74, 6) is 1.90. The van der Waals surface area contributed by atoms with Gasteiger partial charge in [0.25, 0.3) is 0 Å². The van der Waals surface area contributed by atoms with E-state index in [1.165, 1.54) is 5.69 Å². The minimum atomic E-state index is 0.260. The average Bonchev–Trinajstić information content (AvgIpc) is 2.77. The van der Waals surface area contributed by atoms with Crippen molar-refractivity contribution in [3.05, 3.63) is 11.9 Å². The van der Waals surface area contributed by atoms with E-state index in [9.17, 15) is 0 Å². The Morgan fingerprint density at radius 3 is 2.60 bits per heavy atom. The third-order valence-electron chi connectivity index (χ3n) is 2.96. The maximum atomic E-state index is 5.50. The molecule has 4 nitrogen and oxygen atoms in total. The van der Waals surface area contributed by atoms with Gasteiger partial charge in [-0.1, -0.05) is 34.6 Å². The Morgan fingerprint density at radius 1 is 1.40 bits per heavy atom. The smallest absolute Gasteiger partial charge is 0.161 e. The van der Waals surface area contributed by atoms with Crippen LogP contribution in [0.25, 0.3) is 0 Å². The van der Waals surface area contributed by atoms with Gasteiger partial charge in [0.2, 0.25) is 0 Å². The van der Waals surface area contributed by atoms with Crippen molar-refractivity contribution in [1.82, 2.24) is 15.1 Å². The van der Waals surface area contributed by atoms with Crippen LogP contribution in [0.2, 0.25) is 0 Å². The molecule has 20 heavy (non-hydrogen) atoms. The Kier molecular flexibility index (Phi) is 6.89. The number of aromatic nitrogens is 2.